The van der Waals surface area contributed by atoms with Crippen LogP contribution in [0.25, 0.3) is 0 Å². The molecule has 4 atom stereocenters. The third kappa shape index (κ3) is 19.6. The Bertz CT molecular complexity index is 2150. The number of piperidine rings is 2. The zero-order chi connectivity index (χ0) is 55.5. The van der Waals surface area contributed by atoms with Crippen molar-refractivity contribution in [3.8, 4) is 23.0 Å². The first kappa shape index (κ1) is 65.1. The maximum atomic E-state index is 14.0. The molecular weight excluding hydrogens is 973 g/mol. The Kier molecular flexibility index (Phi) is 26.5. The molecule has 0 saturated carbocycles. The Morgan fingerprint density at radius 3 is 1.33 bits per heavy atom. The number of amides is 4. The number of rotatable bonds is 21. The second-order valence-electron chi connectivity index (χ2n) is 20.6. The zero-order valence-electron chi connectivity index (χ0n) is 46.5. The molecule has 2 aromatic carbocycles. The first-order chi connectivity index (χ1) is 34.8. The van der Waals surface area contributed by atoms with Crippen LogP contribution in [0.5, 0.6) is 23.0 Å². The summed E-state index contributed by atoms with van der Waals surface area (Å²) in [6, 6.07) is 7.97. The Labute approximate surface area is 445 Å². The van der Waals surface area contributed by atoms with Crippen molar-refractivity contribution in [1.82, 2.24) is 19.6 Å². The second-order valence-corrected chi connectivity index (χ2v) is 20.6. The number of carboxylic acids is 1. The number of carboxylic acid groups (broad SMARTS) is 1. The fourth-order valence-corrected chi connectivity index (χ4v) is 8.67. The normalized spacial score (nSPS) is 17.6. The van der Waals surface area contributed by atoms with Crippen LogP contribution >= 0.6 is 0 Å². The molecule has 2 heterocycles. The van der Waals surface area contributed by atoms with Crippen molar-refractivity contribution in [3.05, 3.63) is 47.5 Å². The molecule has 20 heteroatoms. The Morgan fingerprint density at radius 2 is 1.00 bits per heavy atom. The van der Waals surface area contributed by atoms with Crippen molar-refractivity contribution in [2.75, 3.05) is 87.7 Å². The van der Waals surface area contributed by atoms with E-state index in [1.165, 1.54) is 19.1 Å². The third-order valence-corrected chi connectivity index (χ3v) is 12.0. The highest BCUT2D eigenvalue weighted by Crippen LogP contribution is 2.34. The monoisotopic (exact) mass is 1060 g/mol. The van der Waals surface area contributed by atoms with Crippen LogP contribution in [0.1, 0.15) is 130 Å². The van der Waals surface area contributed by atoms with Gasteiger partial charge in [-0.05, 0) is 125 Å². The van der Waals surface area contributed by atoms with Gasteiger partial charge < -0.3 is 67.3 Å². The van der Waals surface area contributed by atoms with Crippen LogP contribution in [0.2, 0.25) is 0 Å². The number of esters is 1. The summed E-state index contributed by atoms with van der Waals surface area (Å²) >= 11 is 0. The number of aliphatic carboxylic acids is 1. The van der Waals surface area contributed by atoms with E-state index in [0.29, 0.717) is 86.4 Å². The lowest BCUT2D eigenvalue weighted by molar-refractivity contribution is -0.152. The molecule has 2 aromatic rings. The molecule has 2 fully saturated rings. The molecule has 0 aliphatic carbocycles. The summed E-state index contributed by atoms with van der Waals surface area (Å²) in [6.45, 7) is 22.8. The molecule has 0 aromatic heterocycles. The molecule has 4 unspecified atom stereocenters. The van der Waals surface area contributed by atoms with E-state index in [1.54, 1.807) is 114 Å². The van der Waals surface area contributed by atoms with Gasteiger partial charge in [0.2, 0.25) is 0 Å². The zero-order valence-corrected chi connectivity index (χ0v) is 46.5. The van der Waals surface area contributed by atoms with Crippen LogP contribution in [0.3, 0.4) is 0 Å². The van der Waals surface area contributed by atoms with Crippen LogP contribution in [0.15, 0.2) is 36.4 Å². The first-order valence-electron chi connectivity index (χ1n) is 25.4. The van der Waals surface area contributed by atoms with Crippen LogP contribution < -0.4 is 18.9 Å². The van der Waals surface area contributed by atoms with Gasteiger partial charge in [0.1, 0.15) is 11.2 Å². The quantitative estimate of drug-likeness (QED) is 0.0704. The first-order valence-corrected chi connectivity index (χ1v) is 25.4. The largest absolute Gasteiger partial charge is 0.493 e. The molecule has 2 saturated heterocycles. The fourth-order valence-electron chi connectivity index (χ4n) is 8.67. The highest BCUT2D eigenvalue weighted by molar-refractivity contribution is 5.96. The topological polar surface area (TPSA) is 219 Å². The second kappa shape index (κ2) is 30.5. The molecule has 0 spiro atoms. The lowest BCUT2D eigenvalue weighted by Gasteiger charge is -2.44. The number of hydrogen-bond acceptors (Lipinski definition) is 15. The highest BCUT2D eigenvalue weighted by atomic mass is 16.6. The Hall–Kier alpha value is -6.02. The van der Waals surface area contributed by atoms with Crippen molar-refractivity contribution in [3.63, 3.8) is 0 Å². The van der Waals surface area contributed by atoms with Crippen molar-refractivity contribution in [1.29, 1.82) is 0 Å². The van der Waals surface area contributed by atoms with Gasteiger partial charge in [-0.3, -0.25) is 19.2 Å². The molecule has 75 heavy (non-hydrogen) atoms. The summed E-state index contributed by atoms with van der Waals surface area (Å²) in [4.78, 5) is 84.7. The lowest BCUT2D eigenvalue weighted by atomic mass is 9.89. The fraction of sp³-hybridized carbons (Fsp3) is 0.673. The maximum Gasteiger partial charge on any atom is 0.410 e. The van der Waals surface area contributed by atoms with Gasteiger partial charge in [-0.15, -0.1) is 0 Å². The van der Waals surface area contributed by atoms with Crippen LogP contribution in [-0.4, -0.2) is 184 Å². The number of methoxy groups -OCH3 is 4. The molecule has 4 rings (SSSR count). The predicted octanol–water partition coefficient (Wildman–Crippen LogP) is 8.46. The predicted molar refractivity (Wildman–Crippen MR) is 283 cm³/mol. The van der Waals surface area contributed by atoms with Crippen molar-refractivity contribution < 1.29 is 76.5 Å². The summed E-state index contributed by atoms with van der Waals surface area (Å²) in [5.41, 5.74) is -0.629. The van der Waals surface area contributed by atoms with Crippen molar-refractivity contribution in [2.45, 2.75) is 145 Å². The molecule has 1 N–H and O–H groups in total. The lowest BCUT2D eigenvalue weighted by Crippen LogP contribution is -2.59. The molecule has 0 bridgehead atoms. The number of hydrogen-bond donors (Lipinski definition) is 1. The number of nitrogens with zero attached hydrogens (tertiary/aromatic N) is 4. The smallest absolute Gasteiger partial charge is 0.410 e. The standard InChI is InChI=1S/C28H44N2O8.C26H40N2O8.CH4/c1-9-36-26(32)21-13-14-29(27(33)38-28(4,5)6)18-22(21)30(19(2)3)25(31)20-11-12-23(35-8)24(17-20)37-16-10-15-34-7;1-17(2)28(20-16-27(12-11-19(20)24(30)31)25(32)36-26(3,4)5)23(29)18-9-10-21(34-7)22(15-18)35-14-8-13-33-6;/h11-12,17,19,21-22H,9-10,13-16,18H2,1-8H3;9-10,15,17,19-20H,8,11-14,16H2,1-7H3,(H,30,31);1H4. The van der Waals surface area contributed by atoms with Crippen LogP contribution in [0.4, 0.5) is 9.59 Å². The minimum atomic E-state index is -1.00. The SMILES string of the molecule is C.CCOC(=O)C1CCN(C(=O)OC(C)(C)C)CC1N(C(=O)c1ccc(OC)c(OCCCOC)c1)C(C)C.COCCCOc1cc(C(=O)N(C(C)C)C2CN(C(=O)OC(C)(C)C)CCC2C(=O)O)ccc1OC. The van der Waals surface area contributed by atoms with Crippen LogP contribution in [0, 0.1) is 11.8 Å². The van der Waals surface area contributed by atoms with Gasteiger partial charge in [-0.2, -0.15) is 0 Å². The number of carbonyl (C=O) groups excluding carboxylic acids is 5. The summed E-state index contributed by atoms with van der Waals surface area (Å²) in [5, 5.41) is 9.94. The number of ether oxygens (including phenoxy) is 9. The minimum Gasteiger partial charge on any atom is -0.493 e. The Balaban J connectivity index is 0.000000507. The van der Waals surface area contributed by atoms with Gasteiger partial charge in [0.15, 0.2) is 23.0 Å². The van der Waals surface area contributed by atoms with Gasteiger partial charge in [0.25, 0.3) is 11.8 Å². The van der Waals surface area contributed by atoms with Gasteiger partial charge in [0, 0.05) is 89.7 Å². The number of carbonyl (C=O) groups is 6. The summed E-state index contributed by atoms with van der Waals surface area (Å²) in [6.07, 6.45) is 0.918. The number of likely N-dealkylation sites (tertiary alicyclic amines) is 2. The molecule has 424 valence electrons. The molecule has 20 nitrogen and oxygen atoms in total. The van der Waals surface area contributed by atoms with Gasteiger partial charge in [-0.25, -0.2) is 9.59 Å². The van der Waals surface area contributed by atoms with E-state index in [0.717, 1.165) is 0 Å². The molecular formula is C55H88N4O16. The van der Waals surface area contributed by atoms with Gasteiger partial charge in [0.05, 0.1) is 58.0 Å². The van der Waals surface area contributed by atoms with Gasteiger partial charge >= 0.3 is 24.1 Å². The average Bonchev–Trinajstić information content (AvgIpc) is 3.33. The molecule has 2 aliphatic heterocycles. The van der Waals surface area contributed by atoms with Gasteiger partial charge in [-0.1, -0.05) is 7.43 Å². The summed E-state index contributed by atoms with van der Waals surface area (Å²) < 4.78 is 49.0. The molecule has 2 aliphatic rings. The molecule has 0 radical (unpaired) electrons. The summed E-state index contributed by atoms with van der Waals surface area (Å²) in [5.74, 6) is -1.56. The van der Waals surface area contributed by atoms with E-state index >= 15 is 0 Å². The van der Waals surface area contributed by atoms with E-state index in [2.05, 4.69) is 0 Å². The van der Waals surface area contributed by atoms with Crippen molar-refractivity contribution >= 4 is 35.9 Å². The van der Waals surface area contributed by atoms with E-state index in [9.17, 15) is 33.9 Å². The molecule has 4 amide bonds. The average molecular weight is 1060 g/mol. The maximum absolute atomic E-state index is 14.0. The van der Waals surface area contributed by atoms with E-state index in [4.69, 9.17) is 42.6 Å². The van der Waals surface area contributed by atoms with Crippen LogP contribution in [-0.2, 0) is 33.3 Å². The highest BCUT2D eigenvalue weighted by Gasteiger charge is 2.45. The minimum absolute atomic E-state index is 0. The Morgan fingerprint density at radius 1 is 0.613 bits per heavy atom. The van der Waals surface area contributed by atoms with E-state index < -0.39 is 53.3 Å². The number of benzene rings is 2. The summed E-state index contributed by atoms with van der Waals surface area (Å²) in [7, 11) is 6.29. The third-order valence-electron chi connectivity index (χ3n) is 12.0. The van der Waals surface area contributed by atoms with Crippen molar-refractivity contribution in [2.24, 2.45) is 11.8 Å². The van der Waals surface area contributed by atoms with E-state index in [-0.39, 0.29) is 70.0 Å². The van der Waals surface area contributed by atoms with E-state index in [1.807, 2.05) is 27.7 Å².